The van der Waals surface area contributed by atoms with Crippen molar-refractivity contribution in [2.24, 2.45) is 0 Å². The minimum absolute atomic E-state index is 0. The van der Waals surface area contributed by atoms with Crippen LogP contribution in [0, 0.1) is 0 Å². The summed E-state index contributed by atoms with van der Waals surface area (Å²) in [6.07, 6.45) is -21.4. The summed E-state index contributed by atoms with van der Waals surface area (Å²) in [5, 5.41) is 0. The Hall–Kier alpha value is 0.0649. The first-order valence-corrected chi connectivity index (χ1v) is 5.78. The molecule has 0 amide bonds. The molecule has 0 spiro atoms. The van der Waals surface area contributed by atoms with E-state index in [9.17, 15) is 52.7 Å². The van der Waals surface area contributed by atoms with E-state index in [1.165, 1.54) is 0 Å². The summed E-state index contributed by atoms with van der Waals surface area (Å²) in [6, 6.07) is 0. The number of rotatable bonds is 8. The van der Waals surface area contributed by atoms with Crippen molar-refractivity contribution in [1.82, 2.24) is 0 Å². The van der Waals surface area contributed by atoms with Crippen LogP contribution < -0.4 is 29.6 Å². The third kappa shape index (κ3) is 16.3. The number of alkyl halides is 12. The maximum absolute atomic E-state index is 12.1. The van der Waals surface area contributed by atoms with Crippen molar-refractivity contribution >= 4 is 6.96 Å². The van der Waals surface area contributed by atoms with Crippen LogP contribution in [0.3, 0.4) is 0 Å². The van der Waals surface area contributed by atoms with Crippen molar-refractivity contribution in [3.05, 3.63) is 0 Å². The fourth-order valence-electron chi connectivity index (χ4n) is 1.07. The second kappa shape index (κ2) is 10.0. The summed E-state index contributed by atoms with van der Waals surface area (Å²) in [4.78, 5) is 0. The Bertz CT molecular complexity index is 328. The average molecular weight is 430 g/mol. The van der Waals surface area contributed by atoms with Crippen LogP contribution in [-0.4, -0.2) is 58.1 Å². The van der Waals surface area contributed by atoms with Crippen molar-refractivity contribution in [2.75, 3.05) is 26.4 Å². The van der Waals surface area contributed by atoms with Gasteiger partial charge in [0.25, 0.3) is 0 Å². The number of hydrogen-bond acceptors (Lipinski definition) is 4. The quantitative estimate of drug-likeness (QED) is 0.421. The molecule has 0 rings (SSSR count). The maximum Gasteiger partial charge on any atom is 1.00 e. The van der Waals surface area contributed by atoms with E-state index in [0.29, 0.717) is 0 Å². The van der Waals surface area contributed by atoms with E-state index in [4.69, 9.17) is 0 Å². The van der Waals surface area contributed by atoms with Gasteiger partial charge in [-0.05, 0) is 0 Å². The van der Waals surface area contributed by atoms with Gasteiger partial charge in [-0.25, -0.2) is 0 Å². The van der Waals surface area contributed by atoms with Gasteiger partial charge in [0.05, 0.1) is 0 Å². The molecule has 152 valence electrons. The van der Waals surface area contributed by atoms with Gasteiger partial charge in [0, 0.05) is 0 Å². The van der Waals surface area contributed by atoms with Gasteiger partial charge < -0.3 is 18.6 Å². The van der Waals surface area contributed by atoms with E-state index in [1.54, 1.807) is 0 Å². The molecule has 4 nitrogen and oxygen atoms in total. The molecule has 26 heavy (non-hydrogen) atoms. The summed E-state index contributed by atoms with van der Waals surface area (Å²) in [5.74, 6) is 0. The predicted molar refractivity (Wildman–Crippen MR) is 53.8 cm³/mol. The molecule has 0 bridgehead atoms. The fourth-order valence-corrected chi connectivity index (χ4v) is 1.07. The first kappa shape index (κ1) is 28.3. The molecule has 0 aromatic carbocycles. The fraction of sp³-hybridized carbons (Fsp3) is 1.00. The molecule has 0 aromatic heterocycles. The Morgan fingerprint density at radius 1 is 0.423 bits per heavy atom. The zero-order chi connectivity index (χ0) is 20.2. The second-order valence-corrected chi connectivity index (χ2v) is 4.28. The second-order valence-electron chi connectivity index (χ2n) is 4.28. The molecular formula is C8H8BF12NaO4. The first-order chi connectivity index (χ1) is 10.8. The molecule has 0 aromatic rings. The predicted octanol–water partition coefficient (Wildman–Crippen LogP) is 0.742. The van der Waals surface area contributed by atoms with Crippen LogP contribution in [0.4, 0.5) is 52.7 Å². The molecule has 0 fully saturated rings. The van der Waals surface area contributed by atoms with Gasteiger partial charge >= 0.3 is 61.2 Å². The van der Waals surface area contributed by atoms with Gasteiger partial charge in [0.2, 0.25) is 0 Å². The summed E-state index contributed by atoms with van der Waals surface area (Å²) in [6.45, 7) is -15.5. The largest absolute Gasteiger partial charge is 1.00 e. The van der Waals surface area contributed by atoms with Crippen LogP contribution >= 0.6 is 0 Å². The minimum atomic E-state index is -5.35. The molecule has 0 heterocycles. The van der Waals surface area contributed by atoms with Gasteiger partial charge in [0.1, 0.15) is 26.4 Å². The van der Waals surface area contributed by atoms with Crippen LogP contribution in [-0.2, 0) is 18.6 Å². The van der Waals surface area contributed by atoms with Crippen molar-refractivity contribution in [1.29, 1.82) is 0 Å². The molecule has 0 atom stereocenters. The summed E-state index contributed by atoms with van der Waals surface area (Å²) >= 11 is 0. The zero-order valence-electron chi connectivity index (χ0n) is 12.6. The smallest absolute Gasteiger partial charge is 0.512 e. The van der Waals surface area contributed by atoms with Gasteiger partial charge in [-0.2, -0.15) is 52.7 Å². The maximum atomic E-state index is 12.1. The number of hydrogen-bond donors (Lipinski definition) is 0. The molecular weight excluding hydrogens is 422 g/mol. The third-order valence-corrected chi connectivity index (χ3v) is 1.80. The van der Waals surface area contributed by atoms with Gasteiger partial charge in [-0.15, -0.1) is 0 Å². The topological polar surface area (TPSA) is 36.9 Å². The monoisotopic (exact) mass is 430 g/mol. The Balaban J connectivity index is 0. The summed E-state index contributed by atoms with van der Waals surface area (Å²) in [7, 11) is 0. The van der Waals surface area contributed by atoms with Gasteiger partial charge in [-0.3, -0.25) is 0 Å². The van der Waals surface area contributed by atoms with Crippen molar-refractivity contribution in [3.63, 3.8) is 0 Å². The Kier molecular flexibility index (Phi) is 10.9. The molecule has 0 aliphatic heterocycles. The Labute approximate surface area is 159 Å². The molecule has 0 radical (unpaired) electrons. The van der Waals surface area contributed by atoms with E-state index in [2.05, 4.69) is 18.6 Å². The zero-order valence-corrected chi connectivity index (χ0v) is 14.6. The normalized spacial score (nSPS) is 14.3. The van der Waals surface area contributed by atoms with E-state index in [1.807, 2.05) is 0 Å². The van der Waals surface area contributed by atoms with E-state index in [0.717, 1.165) is 0 Å². The van der Waals surface area contributed by atoms with Crippen molar-refractivity contribution in [2.45, 2.75) is 24.7 Å². The number of halogens is 12. The minimum Gasteiger partial charge on any atom is -0.512 e. The van der Waals surface area contributed by atoms with E-state index < -0.39 is 58.1 Å². The van der Waals surface area contributed by atoms with Gasteiger partial charge in [0.15, 0.2) is 0 Å². The molecule has 0 saturated heterocycles. The molecule has 0 aliphatic carbocycles. The molecule has 18 heteroatoms. The third-order valence-electron chi connectivity index (χ3n) is 1.80. The van der Waals surface area contributed by atoms with Crippen LogP contribution in [0.15, 0.2) is 0 Å². The molecule has 0 unspecified atom stereocenters. The Morgan fingerprint density at radius 2 is 0.577 bits per heavy atom. The van der Waals surface area contributed by atoms with E-state index >= 15 is 0 Å². The van der Waals surface area contributed by atoms with Crippen LogP contribution in [0.1, 0.15) is 0 Å². The standard InChI is InChI=1S/C8H8BF12O4.Na/c10-5(11,12)1-22-9(23-2-6(13,14)15,24-3-7(16,17)18)25-4-8(19,20)21;/h1-4H2;/q-1;+1. The average Bonchev–Trinajstić information content (AvgIpc) is 2.33. The SMILES string of the molecule is FC(F)(F)CO[B-](OCC(F)(F)F)(OCC(F)(F)F)OCC(F)(F)F.[Na+]. The van der Waals surface area contributed by atoms with Gasteiger partial charge in [-0.1, -0.05) is 0 Å². The molecule has 0 aliphatic rings. The molecule has 0 saturated carbocycles. The molecule has 0 N–H and O–H groups in total. The van der Waals surface area contributed by atoms with Crippen LogP contribution in [0.5, 0.6) is 0 Å². The first-order valence-electron chi connectivity index (χ1n) is 5.78. The summed E-state index contributed by atoms with van der Waals surface area (Å²) in [5.41, 5.74) is 0. The van der Waals surface area contributed by atoms with Crippen LogP contribution in [0.2, 0.25) is 0 Å². The Morgan fingerprint density at radius 3 is 0.692 bits per heavy atom. The van der Waals surface area contributed by atoms with Crippen LogP contribution in [0.25, 0.3) is 0 Å². The van der Waals surface area contributed by atoms with Crippen molar-refractivity contribution < 1.29 is 101 Å². The van der Waals surface area contributed by atoms with E-state index in [-0.39, 0.29) is 29.6 Å². The summed E-state index contributed by atoms with van der Waals surface area (Å²) < 4.78 is 159. The van der Waals surface area contributed by atoms with Crippen molar-refractivity contribution in [3.8, 4) is 0 Å².